The number of hydrogen-bond donors (Lipinski definition) is 2. The third-order valence-corrected chi connectivity index (χ3v) is 5.98. The van der Waals surface area contributed by atoms with Crippen molar-refractivity contribution in [3.63, 3.8) is 0 Å². The van der Waals surface area contributed by atoms with Crippen LogP contribution in [0.3, 0.4) is 0 Å². The predicted octanol–water partition coefficient (Wildman–Crippen LogP) is 4.19. The van der Waals surface area contributed by atoms with Gasteiger partial charge in [-0.25, -0.2) is 0 Å². The van der Waals surface area contributed by atoms with Gasteiger partial charge in [-0.15, -0.1) is 0 Å². The third-order valence-electron chi connectivity index (χ3n) is 5.98. The average molecular weight is 446 g/mol. The molecule has 1 aliphatic rings. The molecular weight excluding hydrogens is 418 g/mol. The van der Waals surface area contributed by atoms with Gasteiger partial charge in [0.1, 0.15) is 11.5 Å². The number of aromatic nitrogens is 1. The van der Waals surface area contributed by atoms with E-state index in [-0.39, 0.29) is 28.5 Å². The lowest BCUT2D eigenvalue weighted by atomic mass is 10.0. The minimum absolute atomic E-state index is 0.000306. The summed E-state index contributed by atoms with van der Waals surface area (Å²) in [6.45, 7) is 3.37. The Morgan fingerprint density at radius 2 is 1.76 bits per heavy atom. The van der Waals surface area contributed by atoms with Gasteiger partial charge in [0.15, 0.2) is 0 Å². The number of carbonyl (C=O) groups excluding carboxylic acids is 2. The summed E-state index contributed by atoms with van der Waals surface area (Å²) in [4.78, 5) is 33.3. The molecule has 33 heavy (non-hydrogen) atoms. The second-order valence-corrected chi connectivity index (χ2v) is 8.35. The molecule has 2 heterocycles. The van der Waals surface area contributed by atoms with Crippen LogP contribution < -0.4 is 0 Å². The van der Waals surface area contributed by atoms with Gasteiger partial charge < -0.3 is 20.0 Å². The number of phenolic OH excluding ortho intramolecular Hbond substituents is 2. The van der Waals surface area contributed by atoms with Gasteiger partial charge in [0.2, 0.25) is 0 Å². The van der Waals surface area contributed by atoms with Gasteiger partial charge in [-0.05, 0) is 46.9 Å². The molecule has 0 radical (unpaired) electrons. The fourth-order valence-corrected chi connectivity index (χ4v) is 4.04. The molecule has 7 nitrogen and oxygen atoms in total. The Kier molecular flexibility index (Phi) is 6.31. The quantitative estimate of drug-likeness (QED) is 0.593. The van der Waals surface area contributed by atoms with Crippen LogP contribution in [0.4, 0.5) is 0 Å². The molecule has 170 valence electrons. The molecule has 0 spiro atoms. The maximum atomic E-state index is 13.3. The molecule has 1 aromatic heterocycles. The standard InChI is InChI=1S/C26H27N3O4/c1-3-4-10-28(2)25(32)21-12-22(24(31)13-23(21)30)26(33)29-15-19-8-7-17(11-20(19)16-29)18-6-5-9-27-14-18/h5-9,11-14,30-31H,3-4,10,15-16H2,1-2H3. The molecule has 0 fully saturated rings. The topological polar surface area (TPSA) is 94.0 Å². The van der Waals surface area contributed by atoms with Crippen molar-refractivity contribution in [3.8, 4) is 22.6 Å². The first-order chi connectivity index (χ1) is 15.9. The smallest absolute Gasteiger partial charge is 0.258 e. The van der Waals surface area contributed by atoms with E-state index in [1.54, 1.807) is 24.3 Å². The summed E-state index contributed by atoms with van der Waals surface area (Å²) in [5, 5.41) is 20.6. The van der Waals surface area contributed by atoms with Gasteiger partial charge in [0.25, 0.3) is 11.8 Å². The van der Waals surface area contributed by atoms with Gasteiger partial charge in [0, 0.05) is 45.1 Å². The van der Waals surface area contributed by atoms with Crippen molar-refractivity contribution in [3.05, 3.63) is 77.1 Å². The van der Waals surface area contributed by atoms with Crippen molar-refractivity contribution >= 4 is 11.8 Å². The van der Waals surface area contributed by atoms with Crippen molar-refractivity contribution in [2.24, 2.45) is 0 Å². The summed E-state index contributed by atoms with van der Waals surface area (Å²) < 4.78 is 0. The van der Waals surface area contributed by atoms with Crippen LogP contribution in [0.1, 0.15) is 51.6 Å². The summed E-state index contributed by atoms with van der Waals surface area (Å²) >= 11 is 0. The molecule has 2 aromatic carbocycles. The fourth-order valence-electron chi connectivity index (χ4n) is 4.04. The molecule has 2 N–H and O–H groups in total. The summed E-state index contributed by atoms with van der Waals surface area (Å²) in [6, 6.07) is 12.3. The lowest BCUT2D eigenvalue weighted by Gasteiger charge is -2.20. The molecule has 7 heteroatoms. The molecule has 3 aromatic rings. The molecule has 2 amide bonds. The van der Waals surface area contributed by atoms with Crippen LogP contribution in [0.25, 0.3) is 11.1 Å². The van der Waals surface area contributed by atoms with Crippen molar-refractivity contribution in [1.29, 1.82) is 0 Å². The maximum absolute atomic E-state index is 13.3. The Hall–Kier alpha value is -3.87. The van der Waals surface area contributed by atoms with Crippen LogP contribution in [0.5, 0.6) is 11.5 Å². The van der Waals surface area contributed by atoms with Crippen molar-refractivity contribution in [2.45, 2.75) is 32.9 Å². The number of carbonyl (C=O) groups is 2. The number of fused-ring (bicyclic) bond motifs is 1. The monoisotopic (exact) mass is 445 g/mol. The Balaban J connectivity index is 1.57. The summed E-state index contributed by atoms with van der Waals surface area (Å²) in [5.74, 6) is -1.47. The number of phenols is 2. The Bertz CT molecular complexity index is 1190. The highest BCUT2D eigenvalue weighted by Crippen LogP contribution is 2.33. The van der Waals surface area contributed by atoms with Gasteiger partial charge in [-0.3, -0.25) is 14.6 Å². The van der Waals surface area contributed by atoms with Crippen LogP contribution >= 0.6 is 0 Å². The van der Waals surface area contributed by atoms with Crippen molar-refractivity contribution in [1.82, 2.24) is 14.8 Å². The number of pyridine rings is 1. The van der Waals surface area contributed by atoms with Crippen LogP contribution in [0.15, 0.2) is 54.9 Å². The number of nitrogens with zero attached hydrogens (tertiary/aromatic N) is 3. The SMILES string of the molecule is CCCCN(C)C(=O)c1cc(C(=O)N2Cc3ccc(-c4cccnc4)cc3C2)c(O)cc1O. The molecule has 4 rings (SSSR count). The zero-order chi connectivity index (χ0) is 23.5. The Morgan fingerprint density at radius 1 is 1.00 bits per heavy atom. The van der Waals surface area contributed by atoms with E-state index in [0.29, 0.717) is 19.6 Å². The number of rotatable bonds is 6. The normalized spacial score (nSPS) is 12.5. The van der Waals surface area contributed by atoms with E-state index in [2.05, 4.69) is 4.98 Å². The summed E-state index contributed by atoms with van der Waals surface area (Å²) in [7, 11) is 1.66. The number of amides is 2. The van der Waals surface area contributed by atoms with Crippen molar-refractivity contribution in [2.75, 3.05) is 13.6 Å². The van der Waals surface area contributed by atoms with E-state index in [1.807, 2.05) is 37.3 Å². The first-order valence-corrected chi connectivity index (χ1v) is 11.0. The lowest BCUT2D eigenvalue weighted by molar-refractivity contribution is 0.0748. The minimum atomic E-state index is -0.392. The molecular formula is C26H27N3O4. The molecule has 0 saturated carbocycles. The van der Waals surface area contributed by atoms with Gasteiger partial charge in [-0.1, -0.05) is 31.5 Å². The average Bonchev–Trinajstić information content (AvgIpc) is 3.26. The summed E-state index contributed by atoms with van der Waals surface area (Å²) in [6.07, 6.45) is 5.28. The molecule has 0 saturated heterocycles. The highest BCUT2D eigenvalue weighted by atomic mass is 16.3. The molecule has 0 atom stereocenters. The summed E-state index contributed by atoms with van der Waals surface area (Å²) in [5.41, 5.74) is 4.08. The highest BCUT2D eigenvalue weighted by molar-refractivity contribution is 6.03. The Morgan fingerprint density at radius 3 is 2.48 bits per heavy atom. The van der Waals surface area contributed by atoms with Gasteiger partial charge in [0.05, 0.1) is 11.1 Å². The highest BCUT2D eigenvalue weighted by Gasteiger charge is 2.28. The zero-order valence-corrected chi connectivity index (χ0v) is 18.8. The zero-order valence-electron chi connectivity index (χ0n) is 18.8. The van der Waals surface area contributed by atoms with Gasteiger partial charge in [-0.2, -0.15) is 0 Å². The largest absolute Gasteiger partial charge is 0.507 e. The van der Waals surface area contributed by atoms with Gasteiger partial charge >= 0.3 is 0 Å². The molecule has 0 aliphatic carbocycles. The lowest BCUT2D eigenvalue weighted by Crippen LogP contribution is -2.29. The van der Waals surface area contributed by atoms with E-state index < -0.39 is 5.91 Å². The van der Waals surface area contributed by atoms with E-state index in [1.165, 1.54) is 11.0 Å². The number of aromatic hydroxyl groups is 2. The predicted molar refractivity (Wildman–Crippen MR) is 125 cm³/mol. The van der Waals surface area contributed by atoms with E-state index in [9.17, 15) is 19.8 Å². The molecule has 1 aliphatic heterocycles. The maximum Gasteiger partial charge on any atom is 0.258 e. The van der Waals surface area contributed by atoms with Crippen molar-refractivity contribution < 1.29 is 19.8 Å². The van der Waals surface area contributed by atoms with Crippen LogP contribution in [-0.4, -0.2) is 50.4 Å². The van der Waals surface area contributed by atoms with E-state index in [4.69, 9.17) is 0 Å². The number of benzene rings is 2. The molecule has 0 bridgehead atoms. The Labute approximate surface area is 192 Å². The van der Waals surface area contributed by atoms with E-state index in [0.717, 1.165) is 41.2 Å². The number of hydrogen-bond acceptors (Lipinski definition) is 5. The van der Waals surface area contributed by atoms with E-state index >= 15 is 0 Å². The minimum Gasteiger partial charge on any atom is -0.507 e. The third kappa shape index (κ3) is 4.53. The van der Waals surface area contributed by atoms with Crippen LogP contribution in [-0.2, 0) is 13.1 Å². The first kappa shape index (κ1) is 22.3. The second kappa shape index (κ2) is 9.32. The fraction of sp³-hybridized carbons (Fsp3) is 0.269. The van der Waals surface area contributed by atoms with Crippen LogP contribution in [0.2, 0.25) is 0 Å². The van der Waals surface area contributed by atoms with Crippen LogP contribution in [0, 0.1) is 0 Å². The second-order valence-electron chi connectivity index (χ2n) is 8.35. The first-order valence-electron chi connectivity index (χ1n) is 11.0. The molecule has 0 unspecified atom stereocenters. The number of unbranched alkanes of at least 4 members (excludes halogenated alkanes) is 1.